The molecule has 0 aromatic heterocycles. The summed E-state index contributed by atoms with van der Waals surface area (Å²) < 4.78 is 47.4. The molecule has 2 aromatic rings. The predicted octanol–water partition coefficient (Wildman–Crippen LogP) is 4.02. The molecule has 8 heteroatoms. The maximum Gasteiger partial charge on any atom is 0.387 e. The summed E-state index contributed by atoms with van der Waals surface area (Å²) in [6.07, 6.45) is 0. The highest BCUT2D eigenvalue weighted by molar-refractivity contribution is 6.31. The van der Waals surface area contributed by atoms with Crippen molar-refractivity contribution in [2.75, 3.05) is 7.11 Å². The monoisotopic (exact) mass is 359 g/mol. The minimum atomic E-state index is -2.98. The molecule has 1 N–H and O–H groups in total. The average molecular weight is 360 g/mol. The van der Waals surface area contributed by atoms with Crippen LogP contribution in [-0.2, 0) is 6.54 Å². The van der Waals surface area contributed by atoms with E-state index in [9.17, 15) is 18.0 Å². The van der Waals surface area contributed by atoms with Crippen molar-refractivity contribution >= 4 is 17.5 Å². The highest BCUT2D eigenvalue weighted by atomic mass is 35.5. The second-order valence-electron chi connectivity index (χ2n) is 4.67. The highest BCUT2D eigenvalue weighted by Gasteiger charge is 2.14. The van der Waals surface area contributed by atoms with Gasteiger partial charge in [0.2, 0.25) is 0 Å². The lowest BCUT2D eigenvalue weighted by Crippen LogP contribution is -2.23. The number of amides is 1. The molecule has 0 unspecified atom stereocenters. The standard InChI is InChI=1S/C16H13ClF3NO3/c1-23-14-6-9(2-5-13(14)24-16(19)20)8-21-15(22)11-7-10(17)3-4-12(11)18/h2-7,16H,8H2,1H3,(H,21,22). The molecule has 0 saturated carbocycles. The van der Waals surface area contributed by atoms with Crippen molar-refractivity contribution < 1.29 is 27.4 Å². The van der Waals surface area contributed by atoms with Gasteiger partial charge in [-0.2, -0.15) is 8.78 Å². The Balaban J connectivity index is 2.08. The summed E-state index contributed by atoms with van der Waals surface area (Å²) in [4.78, 5) is 12.0. The minimum absolute atomic E-state index is 0.0378. The second kappa shape index (κ2) is 7.92. The van der Waals surface area contributed by atoms with Crippen LogP contribution in [0.4, 0.5) is 13.2 Å². The third-order valence-corrected chi connectivity index (χ3v) is 3.31. The van der Waals surface area contributed by atoms with Crippen molar-refractivity contribution in [3.63, 3.8) is 0 Å². The smallest absolute Gasteiger partial charge is 0.387 e. The van der Waals surface area contributed by atoms with E-state index in [1.165, 1.54) is 37.4 Å². The molecule has 0 heterocycles. The number of hydrogen-bond acceptors (Lipinski definition) is 3. The Bertz CT molecular complexity index is 741. The molecular weight excluding hydrogens is 347 g/mol. The van der Waals surface area contributed by atoms with Gasteiger partial charge in [0, 0.05) is 11.6 Å². The van der Waals surface area contributed by atoms with Gasteiger partial charge < -0.3 is 14.8 Å². The van der Waals surface area contributed by atoms with Crippen molar-refractivity contribution in [2.45, 2.75) is 13.2 Å². The molecule has 0 radical (unpaired) electrons. The Morgan fingerprint density at radius 2 is 1.96 bits per heavy atom. The van der Waals surface area contributed by atoms with Gasteiger partial charge in [-0.25, -0.2) is 4.39 Å². The molecule has 0 bridgehead atoms. The van der Waals surface area contributed by atoms with Crippen LogP contribution < -0.4 is 14.8 Å². The van der Waals surface area contributed by atoms with Gasteiger partial charge in [-0.05, 0) is 35.9 Å². The van der Waals surface area contributed by atoms with Crippen molar-refractivity contribution in [2.24, 2.45) is 0 Å². The van der Waals surface area contributed by atoms with Crippen LogP contribution in [-0.4, -0.2) is 19.6 Å². The zero-order valence-corrected chi connectivity index (χ0v) is 13.2. The van der Waals surface area contributed by atoms with E-state index < -0.39 is 18.3 Å². The molecule has 0 atom stereocenters. The van der Waals surface area contributed by atoms with Crippen molar-refractivity contribution in [1.82, 2.24) is 5.32 Å². The Morgan fingerprint density at radius 3 is 2.62 bits per heavy atom. The number of ether oxygens (including phenoxy) is 2. The van der Waals surface area contributed by atoms with Crippen molar-refractivity contribution in [1.29, 1.82) is 0 Å². The summed E-state index contributed by atoms with van der Waals surface area (Å²) in [5.74, 6) is -1.38. The second-order valence-corrected chi connectivity index (χ2v) is 5.11. The molecule has 1 amide bonds. The van der Waals surface area contributed by atoms with E-state index in [2.05, 4.69) is 10.1 Å². The number of methoxy groups -OCH3 is 1. The van der Waals surface area contributed by atoms with Crippen molar-refractivity contribution in [3.05, 3.63) is 58.4 Å². The van der Waals surface area contributed by atoms with Gasteiger partial charge in [0.05, 0.1) is 12.7 Å². The summed E-state index contributed by atoms with van der Waals surface area (Å²) in [5, 5.41) is 2.75. The van der Waals surface area contributed by atoms with Crippen LogP contribution in [0.15, 0.2) is 36.4 Å². The van der Waals surface area contributed by atoms with Crippen LogP contribution in [0, 0.1) is 5.82 Å². The van der Waals surface area contributed by atoms with Gasteiger partial charge in [0.25, 0.3) is 5.91 Å². The fourth-order valence-corrected chi connectivity index (χ4v) is 2.14. The first kappa shape index (κ1) is 17.9. The third-order valence-electron chi connectivity index (χ3n) is 3.07. The largest absolute Gasteiger partial charge is 0.493 e. The first-order chi connectivity index (χ1) is 11.4. The van der Waals surface area contributed by atoms with Gasteiger partial charge in [0.1, 0.15) is 5.82 Å². The fraction of sp³-hybridized carbons (Fsp3) is 0.188. The number of rotatable bonds is 6. The van der Waals surface area contributed by atoms with E-state index in [1.807, 2.05) is 0 Å². The molecule has 2 aromatic carbocycles. The van der Waals surface area contributed by atoms with Gasteiger partial charge in [-0.15, -0.1) is 0 Å². The predicted molar refractivity (Wildman–Crippen MR) is 82.2 cm³/mol. The number of carbonyl (C=O) groups excluding carboxylic acids is 1. The summed E-state index contributed by atoms with van der Waals surface area (Å²) in [5.41, 5.74) is 0.372. The molecule has 0 saturated heterocycles. The molecule has 0 aliphatic rings. The average Bonchev–Trinajstić information content (AvgIpc) is 2.55. The van der Waals surface area contributed by atoms with E-state index >= 15 is 0 Å². The summed E-state index contributed by atoms with van der Waals surface area (Å²) >= 11 is 5.74. The van der Waals surface area contributed by atoms with Gasteiger partial charge in [0.15, 0.2) is 11.5 Å². The summed E-state index contributed by atoms with van der Waals surface area (Å²) in [6.45, 7) is -2.94. The van der Waals surface area contributed by atoms with Gasteiger partial charge in [-0.3, -0.25) is 4.79 Å². The number of hydrogen-bond donors (Lipinski definition) is 1. The minimum Gasteiger partial charge on any atom is -0.493 e. The lowest BCUT2D eigenvalue weighted by molar-refractivity contribution is -0.0512. The first-order valence-electron chi connectivity index (χ1n) is 6.75. The van der Waals surface area contributed by atoms with Gasteiger partial charge >= 0.3 is 6.61 Å². The molecule has 128 valence electrons. The van der Waals surface area contributed by atoms with Crippen LogP contribution in [0.2, 0.25) is 5.02 Å². The van der Waals surface area contributed by atoms with Crippen LogP contribution >= 0.6 is 11.6 Å². The molecule has 4 nitrogen and oxygen atoms in total. The van der Waals surface area contributed by atoms with E-state index in [4.69, 9.17) is 16.3 Å². The first-order valence-corrected chi connectivity index (χ1v) is 7.13. The molecule has 0 fully saturated rings. The summed E-state index contributed by atoms with van der Waals surface area (Å²) in [7, 11) is 1.30. The third kappa shape index (κ3) is 4.55. The Kier molecular flexibility index (Phi) is 5.92. The number of alkyl halides is 2. The van der Waals surface area contributed by atoms with Crippen LogP contribution in [0.1, 0.15) is 15.9 Å². The molecule has 0 aliphatic heterocycles. The van der Waals surface area contributed by atoms with E-state index in [0.29, 0.717) is 5.56 Å². The number of halogens is 4. The van der Waals surface area contributed by atoms with E-state index in [-0.39, 0.29) is 28.6 Å². The van der Waals surface area contributed by atoms with Gasteiger partial charge in [-0.1, -0.05) is 17.7 Å². The molecule has 0 spiro atoms. The Labute approximate surface area is 141 Å². The Hall–Kier alpha value is -2.41. The molecule has 0 aliphatic carbocycles. The highest BCUT2D eigenvalue weighted by Crippen LogP contribution is 2.29. The lowest BCUT2D eigenvalue weighted by Gasteiger charge is -2.12. The molecule has 24 heavy (non-hydrogen) atoms. The fourth-order valence-electron chi connectivity index (χ4n) is 1.96. The van der Waals surface area contributed by atoms with E-state index in [1.54, 1.807) is 0 Å². The number of nitrogens with one attached hydrogen (secondary N) is 1. The van der Waals surface area contributed by atoms with Crippen molar-refractivity contribution in [3.8, 4) is 11.5 Å². The summed E-state index contributed by atoms with van der Waals surface area (Å²) in [6, 6.07) is 7.86. The number of benzene rings is 2. The normalized spacial score (nSPS) is 10.6. The molecule has 2 rings (SSSR count). The maximum absolute atomic E-state index is 13.6. The molecular formula is C16H13ClF3NO3. The quantitative estimate of drug-likeness (QED) is 0.847. The maximum atomic E-state index is 13.6. The lowest BCUT2D eigenvalue weighted by atomic mass is 10.1. The topological polar surface area (TPSA) is 47.6 Å². The van der Waals surface area contributed by atoms with Crippen LogP contribution in [0.5, 0.6) is 11.5 Å². The zero-order valence-electron chi connectivity index (χ0n) is 12.5. The van der Waals surface area contributed by atoms with Crippen LogP contribution in [0.25, 0.3) is 0 Å². The Morgan fingerprint density at radius 1 is 1.21 bits per heavy atom. The number of carbonyl (C=O) groups is 1. The van der Waals surface area contributed by atoms with Crippen LogP contribution in [0.3, 0.4) is 0 Å². The SMILES string of the molecule is COc1cc(CNC(=O)c2cc(Cl)ccc2F)ccc1OC(F)F. The zero-order chi connectivity index (χ0) is 17.7. The van der Waals surface area contributed by atoms with E-state index in [0.717, 1.165) is 6.07 Å².